The van der Waals surface area contributed by atoms with E-state index in [-0.39, 0.29) is 6.04 Å². The molecule has 0 radical (unpaired) electrons. The molecule has 0 spiro atoms. The highest BCUT2D eigenvalue weighted by molar-refractivity contribution is 5.81. The van der Waals surface area contributed by atoms with Crippen LogP contribution >= 0.6 is 0 Å². The van der Waals surface area contributed by atoms with Crippen molar-refractivity contribution in [2.75, 3.05) is 0 Å². The average molecular weight is 269 g/mol. The molecule has 1 amide bonds. The maximum Gasteiger partial charge on any atom is 0.329 e. The molecule has 1 fully saturated rings. The van der Waals surface area contributed by atoms with Crippen LogP contribution in [0.4, 0.5) is 0 Å². The lowest BCUT2D eigenvalue weighted by molar-refractivity contribution is -0.158. The quantitative estimate of drug-likeness (QED) is 0.595. The minimum Gasteiger partial charge on any atom is -0.479 e. The van der Waals surface area contributed by atoms with Gasteiger partial charge < -0.3 is 10.0 Å². The number of hydrogen-bond donors (Lipinski definition) is 1. The third kappa shape index (κ3) is 3.48. The number of nitrogens with zero attached hydrogens (tertiary/aromatic N) is 1. The number of rotatable bonds is 6. The normalized spacial score (nSPS) is 27.9. The molecule has 2 unspecified atom stereocenters. The Hall–Kier alpha value is -1.06. The first-order chi connectivity index (χ1) is 8.97. The van der Waals surface area contributed by atoms with Crippen molar-refractivity contribution in [2.45, 2.75) is 77.3 Å². The highest BCUT2D eigenvalue weighted by atomic mass is 16.4. The number of carbonyl (C=O) groups is 2. The second-order valence-corrected chi connectivity index (χ2v) is 6.03. The van der Waals surface area contributed by atoms with Gasteiger partial charge in [-0.2, -0.15) is 0 Å². The molecule has 1 saturated carbocycles. The molecule has 0 aromatic rings. The van der Waals surface area contributed by atoms with Crippen LogP contribution in [0, 0.1) is 5.92 Å². The van der Waals surface area contributed by atoms with Crippen LogP contribution in [0.1, 0.15) is 65.7 Å². The molecule has 0 aromatic carbocycles. The number of carboxylic acids is 1. The fourth-order valence-corrected chi connectivity index (χ4v) is 3.39. The molecular weight excluding hydrogens is 242 g/mol. The van der Waals surface area contributed by atoms with Crippen molar-refractivity contribution in [3.05, 3.63) is 0 Å². The van der Waals surface area contributed by atoms with Gasteiger partial charge >= 0.3 is 5.97 Å². The van der Waals surface area contributed by atoms with E-state index in [4.69, 9.17) is 0 Å². The summed E-state index contributed by atoms with van der Waals surface area (Å²) in [6.45, 7) is 5.93. The molecule has 0 saturated heterocycles. The highest BCUT2D eigenvalue weighted by Gasteiger charge is 2.45. The zero-order chi connectivity index (χ0) is 14.5. The lowest BCUT2D eigenvalue weighted by atomic mass is 9.86. The smallest absolute Gasteiger partial charge is 0.329 e. The SMILES string of the molecule is CCCC1CCCC(C(=O)O)(N(C=O)C(C)C)CC1. The van der Waals surface area contributed by atoms with Gasteiger partial charge in [-0.05, 0) is 39.0 Å². The first kappa shape index (κ1) is 16.0. The Kier molecular flexibility index (Phi) is 5.83. The second kappa shape index (κ2) is 6.92. The molecule has 0 heterocycles. The molecular formula is C15H27NO3. The van der Waals surface area contributed by atoms with E-state index in [1.165, 1.54) is 11.3 Å². The van der Waals surface area contributed by atoms with Gasteiger partial charge in [0.05, 0.1) is 0 Å². The average Bonchev–Trinajstić information content (AvgIpc) is 2.54. The summed E-state index contributed by atoms with van der Waals surface area (Å²) in [4.78, 5) is 24.7. The van der Waals surface area contributed by atoms with Gasteiger partial charge in [0.15, 0.2) is 0 Å². The van der Waals surface area contributed by atoms with Crippen molar-refractivity contribution in [1.82, 2.24) is 4.90 Å². The Bertz CT molecular complexity index is 317. The number of carbonyl (C=O) groups excluding carboxylic acids is 1. The van der Waals surface area contributed by atoms with Gasteiger partial charge in [-0.3, -0.25) is 4.79 Å². The molecule has 1 aliphatic rings. The minimum atomic E-state index is -0.988. The van der Waals surface area contributed by atoms with Crippen molar-refractivity contribution in [1.29, 1.82) is 0 Å². The van der Waals surface area contributed by atoms with E-state index in [1.54, 1.807) is 0 Å². The largest absolute Gasteiger partial charge is 0.479 e. The first-order valence-corrected chi connectivity index (χ1v) is 7.45. The fraction of sp³-hybridized carbons (Fsp3) is 0.867. The van der Waals surface area contributed by atoms with E-state index in [2.05, 4.69) is 6.92 Å². The Morgan fingerprint density at radius 3 is 2.58 bits per heavy atom. The zero-order valence-corrected chi connectivity index (χ0v) is 12.4. The first-order valence-electron chi connectivity index (χ1n) is 7.45. The standard InChI is InChI=1S/C15H27NO3/c1-4-6-13-7-5-9-15(10-8-13,14(18)19)16(11-17)12(2)3/h11-13H,4-10H2,1-3H3,(H,18,19). The number of amides is 1. The summed E-state index contributed by atoms with van der Waals surface area (Å²) in [5.74, 6) is -0.225. The van der Waals surface area contributed by atoms with Crippen LogP contribution in [0.25, 0.3) is 0 Å². The summed E-state index contributed by atoms with van der Waals surface area (Å²) >= 11 is 0. The molecule has 1 rings (SSSR count). The van der Waals surface area contributed by atoms with Gasteiger partial charge in [-0.25, -0.2) is 4.79 Å². The molecule has 1 N–H and O–H groups in total. The summed E-state index contributed by atoms with van der Waals surface area (Å²) in [5, 5.41) is 9.68. The predicted octanol–water partition coefficient (Wildman–Crippen LogP) is 3.06. The van der Waals surface area contributed by atoms with Crippen molar-refractivity contribution < 1.29 is 14.7 Å². The highest BCUT2D eigenvalue weighted by Crippen LogP contribution is 2.37. The van der Waals surface area contributed by atoms with Crippen molar-refractivity contribution >= 4 is 12.4 Å². The molecule has 19 heavy (non-hydrogen) atoms. The Balaban J connectivity index is 2.94. The number of carboxylic acid groups (broad SMARTS) is 1. The van der Waals surface area contributed by atoms with Crippen LogP contribution < -0.4 is 0 Å². The molecule has 0 aliphatic heterocycles. The van der Waals surface area contributed by atoms with Gasteiger partial charge in [0.2, 0.25) is 6.41 Å². The minimum absolute atomic E-state index is 0.0728. The van der Waals surface area contributed by atoms with Gasteiger partial charge in [0.25, 0.3) is 0 Å². The Labute approximate surface area is 116 Å². The van der Waals surface area contributed by atoms with Crippen LogP contribution in [0.3, 0.4) is 0 Å². The molecule has 4 nitrogen and oxygen atoms in total. The molecule has 4 heteroatoms. The lowest BCUT2D eigenvalue weighted by Gasteiger charge is -2.40. The monoisotopic (exact) mass is 269 g/mol. The van der Waals surface area contributed by atoms with Gasteiger partial charge in [-0.15, -0.1) is 0 Å². The van der Waals surface area contributed by atoms with E-state index < -0.39 is 11.5 Å². The fourth-order valence-electron chi connectivity index (χ4n) is 3.39. The van der Waals surface area contributed by atoms with E-state index in [0.29, 0.717) is 18.8 Å². The molecule has 0 bridgehead atoms. The van der Waals surface area contributed by atoms with Gasteiger partial charge in [0, 0.05) is 6.04 Å². The summed E-state index contributed by atoms with van der Waals surface area (Å²) < 4.78 is 0. The van der Waals surface area contributed by atoms with Gasteiger partial charge in [0.1, 0.15) is 5.54 Å². The van der Waals surface area contributed by atoms with E-state index in [0.717, 1.165) is 32.1 Å². The topological polar surface area (TPSA) is 57.6 Å². The third-order valence-electron chi connectivity index (χ3n) is 4.43. The maximum atomic E-state index is 11.8. The summed E-state index contributed by atoms with van der Waals surface area (Å²) in [7, 11) is 0. The van der Waals surface area contributed by atoms with Crippen LogP contribution in [-0.2, 0) is 9.59 Å². The second-order valence-electron chi connectivity index (χ2n) is 6.03. The molecule has 0 aromatic heterocycles. The molecule has 2 atom stereocenters. The maximum absolute atomic E-state index is 11.8. The zero-order valence-electron chi connectivity index (χ0n) is 12.4. The summed E-state index contributed by atoms with van der Waals surface area (Å²) in [5.41, 5.74) is -0.988. The Morgan fingerprint density at radius 2 is 2.11 bits per heavy atom. The van der Waals surface area contributed by atoms with Crippen LogP contribution in [0.5, 0.6) is 0 Å². The van der Waals surface area contributed by atoms with Crippen molar-refractivity contribution in [2.24, 2.45) is 5.92 Å². The van der Waals surface area contributed by atoms with Crippen LogP contribution in [0.15, 0.2) is 0 Å². The lowest BCUT2D eigenvalue weighted by Crippen LogP contribution is -2.56. The van der Waals surface area contributed by atoms with Crippen LogP contribution in [-0.4, -0.2) is 34.0 Å². The summed E-state index contributed by atoms with van der Waals surface area (Å²) in [6.07, 6.45) is 7.10. The third-order valence-corrected chi connectivity index (χ3v) is 4.43. The molecule has 1 aliphatic carbocycles. The van der Waals surface area contributed by atoms with Gasteiger partial charge in [-0.1, -0.05) is 32.6 Å². The number of hydrogen-bond acceptors (Lipinski definition) is 2. The van der Waals surface area contributed by atoms with E-state index in [9.17, 15) is 14.7 Å². The summed E-state index contributed by atoms with van der Waals surface area (Å²) in [6, 6.07) is -0.0728. The van der Waals surface area contributed by atoms with Crippen molar-refractivity contribution in [3.63, 3.8) is 0 Å². The number of aliphatic carboxylic acids is 1. The predicted molar refractivity (Wildman–Crippen MR) is 74.9 cm³/mol. The molecule has 110 valence electrons. The van der Waals surface area contributed by atoms with E-state index in [1.807, 2.05) is 13.8 Å². The Morgan fingerprint density at radius 1 is 1.42 bits per heavy atom. The van der Waals surface area contributed by atoms with Crippen LogP contribution in [0.2, 0.25) is 0 Å². The van der Waals surface area contributed by atoms with E-state index >= 15 is 0 Å². The van der Waals surface area contributed by atoms with Crippen molar-refractivity contribution in [3.8, 4) is 0 Å².